The van der Waals surface area contributed by atoms with E-state index in [-0.39, 0.29) is 0 Å². The molecule has 0 fully saturated rings. The molecule has 0 saturated carbocycles. The maximum absolute atomic E-state index is 10.7. The fraction of sp³-hybridized carbons (Fsp3) is 0.800. The second kappa shape index (κ2) is 3.45. The summed E-state index contributed by atoms with van der Waals surface area (Å²) in [5, 5.41) is 0. The molecular formula is C5H12N3O2P. The van der Waals surface area contributed by atoms with Gasteiger partial charge in [0.2, 0.25) is 0 Å². The first-order chi connectivity index (χ1) is 5.08. The molecule has 0 amide bonds. The summed E-state index contributed by atoms with van der Waals surface area (Å²) < 4.78 is 15.5. The molecule has 0 bridgehead atoms. The molecule has 64 valence electrons. The Hall–Kier alpha value is -0.220. The van der Waals surface area contributed by atoms with Crippen molar-refractivity contribution in [2.45, 2.75) is 25.5 Å². The van der Waals surface area contributed by atoms with Crippen molar-refractivity contribution >= 4 is 13.9 Å². The predicted octanol–water partition coefficient (Wildman–Crippen LogP) is 0.609. The van der Waals surface area contributed by atoms with Gasteiger partial charge in [0.15, 0.2) is 6.23 Å². The minimum absolute atomic E-state index is 0.399. The highest BCUT2D eigenvalue weighted by molar-refractivity contribution is 7.53. The Kier molecular flexibility index (Phi) is 2.78. The smallest absolute Gasteiger partial charge is 0.280 e. The zero-order valence-corrected chi connectivity index (χ0v) is 7.04. The highest BCUT2D eigenvalue weighted by Gasteiger charge is 2.18. The predicted molar refractivity (Wildman–Crippen MR) is 43.2 cm³/mol. The number of aliphatic imine (C=N–C) groups is 1. The van der Waals surface area contributed by atoms with Gasteiger partial charge in [-0.3, -0.25) is 14.1 Å². The van der Waals surface area contributed by atoms with Crippen molar-refractivity contribution in [1.29, 1.82) is 0 Å². The molecular weight excluding hydrogens is 165 g/mol. The lowest BCUT2D eigenvalue weighted by Crippen LogP contribution is -2.18. The van der Waals surface area contributed by atoms with Gasteiger partial charge in [-0.2, -0.15) is 0 Å². The van der Waals surface area contributed by atoms with Crippen LogP contribution < -0.4 is 11.0 Å². The second-order valence-corrected chi connectivity index (χ2v) is 3.97. The van der Waals surface area contributed by atoms with E-state index in [2.05, 4.69) is 4.99 Å². The van der Waals surface area contributed by atoms with Gasteiger partial charge in [-0.25, -0.2) is 11.0 Å². The summed E-state index contributed by atoms with van der Waals surface area (Å²) in [5.74, 6) is 0. The summed E-state index contributed by atoms with van der Waals surface area (Å²) in [6.07, 6.45) is 4.01. The van der Waals surface area contributed by atoms with E-state index in [4.69, 9.17) is 15.5 Å². The highest BCUT2D eigenvalue weighted by Crippen LogP contribution is 2.31. The van der Waals surface area contributed by atoms with Crippen molar-refractivity contribution < 1.29 is 9.09 Å². The van der Waals surface area contributed by atoms with E-state index in [0.717, 1.165) is 19.3 Å². The van der Waals surface area contributed by atoms with Crippen LogP contribution in [0.25, 0.3) is 0 Å². The molecule has 5 nitrogen and oxygen atoms in total. The number of hydrogen-bond donors (Lipinski definition) is 2. The maximum Gasteiger partial charge on any atom is 0.337 e. The van der Waals surface area contributed by atoms with Gasteiger partial charge in [-0.05, 0) is 19.3 Å². The minimum Gasteiger partial charge on any atom is -0.280 e. The third kappa shape index (κ3) is 3.62. The molecule has 0 saturated heterocycles. The third-order valence-corrected chi connectivity index (χ3v) is 1.92. The summed E-state index contributed by atoms with van der Waals surface area (Å²) in [6, 6.07) is 0. The second-order valence-electron chi connectivity index (χ2n) is 2.47. The Morgan fingerprint density at radius 3 is 2.82 bits per heavy atom. The molecule has 0 aromatic carbocycles. The number of rotatable bonds is 2. The molecule has 0 aliphatic carbocycles. The van der Waals surface area contributed by atoms with Crippen LogP contribution in [0.15, 0.2) is 4.99 Å². The minimum atomic E-state index is -3.35. The average Bonchev–Trinajstić information content (AvgIpc) is 1.85. The lowest BCUT2D eigenvalue weighted by Gasteiger charge is -2.17. The summed E-state index contributed by atoms with van der Waals surface area (Å²) in [6.45, 7) is 0. The van der Waals surface area contributed by atoms with Crippen LogP contribution in [0, 0.1) is 0 Å². The van der Waals surface area contributed by atoms with E-state index in [9.17, 15) is 4.57 Å². The Morgan fingerprint density at radius 1 is 1.64 bits per heavy atom. The van der Waals surface area contributed by atoms with Gasteiger partial charge in [0.1, 0.15) is 0 Å². The number of hydrogen-bond acceptors (Lipinski definition) is 3. The lowest BCUT2D eigenvalue weighted by atomic mass is 10.2. The van der Waals surface area contributed by atoms with Crippen LogP contribution in [0.5, 0.6) is 0 Å². The Morgan fingerprint density at radius 2 is 2.36 bits per heavy atom. The van der Waals surface area contributed by atoms with E-state index in [1.54, 1.807) is 6.21 Å². The monoisotopic (exact) mass is 177 g/mol. The van der Waals surface area contributed by atoms with Crippen LogP contribution in [-0.2, 0) is 9.09 Å². The molecule has 11 heavy (non-hydrogen) atoms. The Bertz CT molecular complexity index is 200. The molecule has 1 aliphatic heterocycles. The summed E-state index contributed by atoms with van der Waals surface area (Å²) in [4.78, 5) is 3.94. The van der Waals surface area contributed by atoms with Gasteiger partial charge >= 0.3 is 7.67 Å². The first kappa shape index (κ1) is 8.87. The van der Waals surface area contributed by atoms with E-state index in [0.29, 0.717) is 0 Å². The quantitative estimate of drug-likeness (QED) is 0.604. The molecule has 1 atom stereocenters. The van der Waals surface area contributed by atoms with Crippen LogP contribution in [-0.4, -0.2) is 12.4 Å². The molecule has 6 heteroatoms. The first-order valence-corrected chi connectivity index (χ1v) is 5.21. The fourth-order valence-electron chi connectivity index (χ4n) is 0.920. The van der Waals surface area contributed by atoms with Crippen LogP contribution in [0.4, 0.5) is 0 Å². The van der Waals surface area contributed by atoms with Crippen molar-refractivity contribution in [2.75, 3.05) is 0 Å². The normalized spacial score (nSPS) is 25.5. The summed E-state index contributed by atoms with van der Waals surface area (Å²) >= 11 is 0. The van der Waals surface area contributed by atoms with E-state index in [1.807, 2.05) is 0 Å². The van der Waals surface area contributed by atoms with Crippen molar-refractivity contribution in [3.63, 3.8) is 0 Å². The first-order valence-electron chi connectivity index (χ1n) is 3.45. The summed E-state index contributed by atoms with van der Waals surface area (Å²) in [5.41, 5.74) is 10.0. The SMILES string of the molecule is NP(N)(=O)OC1CCCC=N1. The molecule has 0 spiro atoms. The third-order valence-electron chi connectivity index (χ3n) is 1.34. The number of nitrogens with zero attached hydrogens (tertiary/aromatic N) is 1. The molecule has 1 aliphatic rings. The molecule has 0 aromatic rings. The van der Waals surface area contributed by atoms with E-state index in [1.165, 1.54) is 0 Å². The average molecular weight is 177 g/mol. The molecule has 1 heterocycles. The standard InChI is InChI=1S/C5H12N3O2P/c6-11(7,9)10-5-3-1-2-4-8-5/h4-5H,1-3H2,(H4,6,7,9). The largest absolute Gasteiger partial charge is 0.337 e. The lowest BCUT2D eigenvalue weighted by molar-refractivity contribution is 0.197. The van der Waals surface area contributed by atoms with Crippen LogP contribution in [0.2, 0.25) is 0 Å². The zero-order chi connectivity index (χ0) is 8.32. The molecule has 0 aromatic heterocycles. The summed E-state index contributed by atoms with van der Waals surface area (Å²) in [7, 11) is -3.35. The van der Waals surface area contributed by atoms with Crippen molar-refractivity contribution in [3.8, 4) is 0 Å². The molecule has 1 rings (SSSR count). The van der Waals surface area contributed by atoms with Gasteiger partial charge in [-0.15, -0.1) is 0 Å². The molecule has 4 N–H and O–H groups in total. The maximum atomic E-state index is 10.7. The fourth-order valence-corrected chi connectivity index (χ4v) is 1.46. The van der Waals surface area contributed by atoms with Gasteiger partial charge in [-0.1, -0.05) is 0 Å². The van der Waals surface area contributed by atoms with Gasteiger partial charge < -0.3 is 0 Å². The van der Waals surface area contributed by atoms with E-state index >= 15 is 0 Å². The highest BCUT2D eigenvalue weighted by atomic mass is 31.2. The van der Waals surface area contributed by atoms with Crippen molar-refractivity contribution in [3.05, 3.63) is 0 Å². The van der Waals surface area contributed by atoms with Crippen LogP contribution in [0.1, 0.15) is 19.3 Å². The van der Waals surface area contributed by atoms with Crippen molar-refractivity contribution in [1.82, 2.24) is 0 Å². The topological polar surface area (TPSA) is 90.7 Å². The Balaban J connectivity index is 2.43. The molecule has 1 unspecified atom stereocenters. The van der Waals surface area contributed by atoms with Gasteiger partial charge in [0, 0.05) is 6.21 Å². The van der Waals surface area contributed by atoms with Gasteiger partial charge in [0.25, 0.3) is 0 Å². The Labute approximate surface area is 65.4 Å². The van der Waals surface area contributed by atoms with E-state index < -0.39 is 13.9 Å². The van der Waals surface area contributed by atoms with Gasteiger partial charge in [0.05, 0.1) is 0 Å². The molecule has 0 radical (unpaired) electrons. The van der Waals surface area contributed by atoms with Crippen LogP contribution >= 0.6 is 7.67 Å². The zero-order valence-electron chi connectivity index (χ0n) is 6.14. The number of nitrogens with two attached hydrogens (primary N) is 2. The van der Waals surface area contributed by atoms with Crippen molar-refractivity contribution in [2.24, 2.45) is 16.0 Å². The van der Waals surface area contributed by atoms with Crippen LogP contribution in [0.3, 0.4) is 0 Å².